The lowest BCUT2D eigenvalue weighted by Gasteiger charge is -2.36. The summed E-state index contributed by atoms with van der Waals surface area (Å²) in [6.45, 7) is 6.50. The van der Waals surface area contributed by atoms with E-state index in [1.807, 2.05) is 37.3 Å². The zero-order valence-corrected chi connectivity index (χ0v) is 17.5. The Hall–Kier alpha value is -3.36. The number of methoxy groups -OCH3 is 1. The van der Waals surface area contributed by atoms with Crippen molar-refractivity contribution in [2.75, 3.05) is 51.3 Å². The summed E-state index contributed by atoms with van der Waals surface area (Å²) in [4.78, 5) is 29.7. The first-order valence-electron chi connectivity index (χ1n) is 10.1. The second-order valence-electron chi connectivity index (χ2n) is 6.82. The van der Waals surface area contributed by atoms with Crippen LogP contribution in [-0.4, -0.2) is 73.1 Å². The third kappa shape index (κ3) is 6.07. The van der Waals surface area contributed by atoms with Crippen LogP contribution in [0.4, 0.5) is 5.95 Å². The van der Waals surface area contributed by atoms with Crippen LogP contribution in [0.5, 0.6) is 5.75 Å². The van der Waals surface area contributed by atoms with E-state index in [-0.39, 0.29) is 12.5 Å². The minimum Gasteiger partial charge on any atom is -0.497 e. The summed E-state index contributed by atoms with van der Waals surface area (Å²) in [5, 5.41) is 6.19. The number of aromatic nitrogens is 2. The average molecular weight is 412 g/mol. The van der Waals surface area contributed by atoms with Gasteiger partial charge in [0.1, 0.15) is 12.3 Å². The molecule has 1 saturated heterocycles. The lowest BCUT2D eigenvalue weighted by molar-refractivity contribution is -0.119. The van der Waals surface area contributed by atoms with Gasteiger partial charge in [0.05, 0.1) is 7.11 Å². The fourth-order valence-corrected chi connectivity index (χ4v) is 3.15. The van der Waals surface area contributed by atoms with Gasteiger partial charge in [-0.25, -0.2) is 15.0 Å². The number of nitrogens with zero attached hydrogens (tertiary/aromatic N) is 5. The Labute approximate surface area is 177 Å². The highest BCUT2D eigenvalue weighted by Crippen LogP contribution is 2.11. The maximum Gasteiger partial charge on any atom is 0.242 e. The topological polar surface area (TPSA) is 95.0 Å². The molecule has 0 atom stereocenters. The van der Waals surface area contributed by atoms with E-state index in [0.717, 1.165) is 55.9 Å². The molecule has 2 aromatic rings. The van der Waals surface area contributed by atoms with Crippen LogP contribution in [0.15, 0.2) is 47.7 Å². The van der Waals surface area contributed by atoms with Gasteiger partial charge in [-0.3, -0.25) is 4.79 Å². The van der Waals surface area contributed by atoms with Crippen LogP contribution >= 0.6 is 0 Å². The number of aliphatic imine (C=N–C) groups is 1. The normalized spacial score (nSPS) is 14.4. The first-order chi connectivity index (χ1) is 14.7. The standard InChI is InChI=1S/C21H29N7O2/c1-3-22-20(27-11-13-28(14-12-27)21-23-9-4-10-24-21)26-16-19(29)25-15-17-5-7-18(30-2)8-6-17/h4-10H,3,11-16H2,1-2H3,(H,22,26)(H,25,29). The van der Waals surface area contributed by atoms with E-state index < -0.39 is 0 Å². The highest BCUT2D eigenvalue weighted by molar-refractivity contribution is 5.85. The van der Waals surface area contributed by atoms with Crippen molar-refractivity contribution in [3.05, 3.63) is 48.3 Å². The van der Waals surface area contributed by atoms with E-state index in [4.69, 9.17) is 4.74 Å². The van der Waals surface area contributed by atoms with Gasteiger partial charge >= 0.3 is 0 Å². The molecule has 1 amide bonds. The largest absolute Gasteiger partial charge is 0.497 e. The van der Waals surface area contributed by atoms with E-state index in [9.17, 15) is 4.79 Å². The third-order valence-corrected chi connectivity index (χ3v) is 4.77. The Morgan fingerprint density at radius 3 is 2.43 bits per heavy atom. The van der Waals surface area contributed by atoms with E-state index >= 15 is 0 Å². The van der Waals surface area contributed by atoms with Crippen LogP contribution in [0.1, 0.15) is 12.5 Å². The van der Waals surface area contributed by atoms with Gasteiger partial charge in [0.2, 0.25) is 11.9 Å². The molecule has 0 aliphatic carbocycles. The van der Waals surface area contributed by atoms with Crippen molar-refractivity contribution in [2.24, 2.45) is 4.99 Å². The predicted molar refractivity (Wildman–Crippen MR) is 117 cm³/mol. The summed E-state index contributed by atoms with van der Waals surface area (Å²) in [5.74, 6) is 2.18. The van der Waals surface area contributed by atoms with Crippen LogP contribution < -0.4 is 20.3 Å². The SMILES string of the molecule is CCNC(=NCC(=O)NCc1ccc(OC)cc1)N1CCN(c2ncccn2)CC1. The van der Waals surface area contributed by atoms with Crippen LogP contribution in [0.2, 0.25) is 0 Å². The molecule has 0 saturated carbocycles. The highest BCUT2D eigenvalue weighted by atomic mass is 16.5. The number of carbonyl (C=O) groups is 1. The molecule has 2 N–H and O–H groups in total. The molecule has 1 aliphatic heterocycles. The third-order valence-electron chi connectivity index (χ3n) is 4.77. The molecule has 1 aliphatic rings. The zero-order valence-electron chi connectivity index (χ0n) is 17.5. The Balaban J connectivity index is 1.49. The second kappa shape index (κ2) is 11.0. The summed E-state index contributed by atoms with van der Waals surface area (Å²) in [5.41, 5.74) is 1.01. The first-order valence-corrected chi connectivity index (χ1v) is 10.1. The average Bonchev–Trinajstić information content (AvgIpc) is 2.81. The van der Waals surface area contributed by atoms with Gasteiger partial charge in [-0.15, -0.1) is 0 Å². The van der Waals surface area contributed by atoms with Crippen molar-refractivity contribution in [3.8, 4) is 5.75 Å². The Morgan fingerprint density at radius 1 is 1.10 bits per heavy atom. The minimum absolute atomic E-state index is 0.0838. The lowest BCUT2D eigenvalue weighted by atomic mass is 10.2. The molecule has 0 spiro atoms. The van der Waals surface area contributed by atoms with Gasteiger partial charge in [0.15, 0.2) is 5.96 Å². The molecule has 9 heteroatoms. The molecule has 1 fully saturated rings. The maximum atomic E-state index is 12.3. The van der Waals surface area contributed by atoms with E-state index in [1.165, 1.54) is 0 Å². The van der Waals surface area contributed by atoms with Gasteiger partial charge in [0.25, 0.3) is 0 Å². The number of hydrogen-bond acceptors (Lipinski definition) is 6. The molecule has 1 aromatic heterocycles. The molecule has 160 valence electrons. The number of rotatable bonds is 7. The van der Waals surface area contributed by atoms with Gasteiger partial charge in [0, 0.05) is 51.7 Å². The molecule has 2 heterocycles. The number of piperazine rings is 1. The molecule has 30 heavy (non-hydrogen) atoms. The molecule has 0 bridgehead atoms. The summed E-state index contributed by atoms with van der Waals surface area (Å²) in [6, 6.07) is 9.44. The summed E-state index contributed by atoms with van der Waals surface area (Å²) >= 11 is 0. The van der Waals surface area contributed by atoms with Crippen LogP contribution in [0, 0.1) is 0 Å². The van der Waals surface area contributed by atoms with Crippen molar-refractivity contribution in [1.29, 1.82) is 0 Å². The van der Waals surface area contributed by atoms with Crippen LogP contribution in [0.3, 0.4) is 0 Å². The van der Waals surface area contributed by atoms with Gasteiger partial charge in [-0.05, 0) is 30.7 Å². The summed E-state index contributed by atoms with van der Waals surface area (Å²) in [6.07, 6.45) is 3.51. The Morgan fingerprint density at radius 2 is 1.80 bits per heavy atom. The van der Waals surface area contributed by atoms with Crippen LogP contribution in [0.25, 0.3) is 0 Å². The van der Waals surface area contributed by atoms with Gasteiger partial charge in [-0.1, -0.05) is 12.1 Å². The van der Waals surface area contributed by atoms with Crippen molar-refractivity contribution in [1.82, 2.24) is 25.5 Å². The number of guanidine groups is 1. The molecule has 9 nitrogen and oxygen atoms in total. The van der Waals surface area contributed by atoms with Crippen molar-refractivity contribution >= 4 is 17.8 Å². The summed E-state index contributed by atoms with van der Waals surface area (Å²) in [7, 11) is 1.63. The molecule has 1 aromatic carbocycles. The smallest absolute Gasteiger partial charge is 0.242 e. The maximum absolute atomic E-state index is 12.3. The number of anilines is 1. The number of amides is 1. The van der Waals surface area contributed by atoms with Crippen molar-refractivity contribution in [3.63, 3.8) is 0 Å². The lowest BCUT2D eigenvalue weighted by Crippen LogP contribution is -2.53. The Bertz CT molecular complexity index is 819. The number of ether oxygens (including phenoxy) is 1. The second-order valence-corrected chi connectivity index (χ2v) is 6.82. The molecule has 0 unspecified atom stereocenters. The molecule has 3 rings (SSSR count). The zero-order chi connectivity index (χ0) is 21.2. The quantitative estimate of drug-likeness (QED) is 0.516. The van der Waals surface area contributed by atoms with Crippen molar-refractivity contribution in [2.45, 2.75) is 13.5 Å². The van der Waals surface area contributed by atoms with Gasteiger partial charge < -0.3 is 25.2 Å². The predicted octanol–water partition coefficient (Wildman–Crippen LogP) is 0.889. The molecule has 0 radical (unpaired) electrons. The summed E-state index contributed by atoms with van der Waals surface area (Å²) < 4.78 is 5.15. The van der Waals surface area contributed by atoms with Gasteiger partial charge in [-0.2, -0.15) is 0 Å². The number of nitrogens with one attached hydrogen (secondary N) is 2. The molecular formula is C21H29N7O2. The van der Waals surface area contributed by atoms with E-state index in [1.54, 1.807) is 19.5 Å². The highest BCUT2D eigenvalue weighted by Gasteiger charge is 2.21. The fourth-order valence-electron chi connectivity index (χ4n) is 3.15. The first kappa shape index (κ1) is 21.4. The fraction of sp³-hybridized carbons (Fsp3) is 0.429. The Kier molecular flexibility index (Phi) is 7.82. The number of carbonyl (C=O) groups excluding carboxylic acids is 1. The number of hydrogen-bond donors (Lipinski definition) is 2. The van der Waals surface area contributed by atoms with E-state index in [2.05, 4.69) is 35.4 Å². The van der Waals surface area contributed by atoms with Crippen LogP contribution in [-0.2, 0) is 11.3 Å². The van der Waals surface area contributed by atoms with Crippen molar-refractivity contribution < 1.29 is 9.53 Å². The monoisotopic (exact) mass is 411 g/mol. The molecular weight excluding hydrogens is 382 g/mol. The number of benzene rings is 1. The van der Waals surface area contributed by atoms with E-state index in [0.29, 0.717) is 6.54 Å². The minimum atomic E-state index is -0.113.